The molecule has 1 saturated heterocycles. The molecule has 2 aromatic carbocycles. The Hall–Kier alpha value is -2.04. The largest absolute Gasteiger partial charge is 0.487 e. The summed E-state index contributed by atoms with van der Waals surface area (Å²) in [6.07, 6.45) is 3.94. The lowest BCUT2D eigenvalue weighted by molar-refractivity contribution is -0.132. The summed E-state index contributed by atoms with van der Waals surface area (Å²) in [5, 5.41) is 0.181. The van der Waals surface area contributed by atoms with Gasteiger partial charge in [-0.15, -0.1) is 6.58 Å². The Morgan fingerprint density at radius 3 is 2.32 bits per heavy atom. The van der Waals surface area contributed by atoms with Crippen LogP contribution in [0.3, 0.4) is 0 Å². The molecule has 0 spiro atoms. The van der Waals surface area contributed by atoms with Crippen molar-refractivity contribution in [3.63, 3.8) is 0 Å². The predicted molar refractivity (Wildman–Crippen MR) is 138 cm³/mol. The fourth-order valence-corrected chi connectivity index (χ4v) is 4.26. The van der Waals surface area contributed by atoms with Crippen molar-refractivity contribution in [2.75, 3.05) is 14.1 Å². The molecule has 0 atom stereocenters. The van der Waals surface area contributed by atoms with E-state index in [4.69, 9.17) is 17.0 Å². The average molecular weight is 611 g/mol. The number of ether oxygens (including phenoxy) is 1. The Morgan fingerprint density at radius 1 is 1.13 bits per heavy atom. The molecule has 2 amide bonds. The molecule has 8 heteroatoms. The maximum absolute atomic E-state index is 12.6. The van der Waals surface area contributed by atoms with Gasteiger partial charge in [0.1, 0.15) is 17.9 Å². The topological polar surface area (TPSA) is 49.9 Å². The molecule has 2 aromatic rings. The zero-order valence-electron chi connectivity index (χ0n) is 17.0. The fourth-order valence-electron chi connectivity index (χ4n) is 3.10. The van der Waals surface area contributed by atoms with Crippen LogP contribution >= 0.6 is 50.7 Å². The van der Waals surface area contributed by atoms with Gasteiger partial charge in [-0.05, 0) is 104 Å². The van der Waals surface area contributed by atoms with Crippen LogP contribution in [0.25, 0.3) is 6.08 Å². The number of amides is 2. The van der Waals surface area contributed by atoms with Crippen molar-refractivity contribution in [1.82, 2.24) is 9.80 Å². The number of halogens is 2. The molecule has 0 aromatic heterocycles. The smallest absolute Gasteiger partial charge is 0.265 e. The summed E-state index contributed by atoms with van der Waals surface area (Å²) >= 11 is 11.0. The maximum atomic E-state index is 12.6. The Balaban J connectivity index is 1.94. The van der Waals surface area contributed by atoms with Crippen molar-refractivity contribution < 1.29 is 14.3 Å². The van der Waals surface area contributed by atoms with Gasteiger partial charge in [0.25, 0.3) is 11.8 Å². The SMILES string of the molecule is C=CCc1cc(C=C2C(=O)N(C)C(=S)N(C)C2=O)cc(Br)c1OCc1ccc(I)cc1. The second kappa shape index (κ2) is 10.1. The quantitative estimate of drug-likeness (QED) is 0.153. The summed E-state index contributed by atoms with van der Waals surface area (Å²) in [6.45, 7) is 4.25. The van der Waals surface area contributed by atoms with E-state index in [1.165, 1.54) is 9.80 Å². The minimum absolute atomic E-state index is 0.0580. The van der Waals surface area contributed by atoms with Crippen LogP contribution in [0.15, 0.2) is 59.1 Å². The van der Waals surface area contributed by atoms with Gasteiger partial charge in [0, 0.05) is 17.7 Å². The van der Waals surface area contributed by atoms with Gasteiger partial charge in [-0.25, -0.2) is 0 Å². The predicted octanol–water partition coefficient (Wildman–Crippen LogP) is 4.96. The summed E-state index contributed by atoms with van der Waals surface area (Å²) in [5.74, 6) is -0.139. The molecule has 5 nitrogen and oxygen atoms in total. The first-order valence-electron chi connectivity index (χ1n) is 9.35. The second-order valence-corrected chi connectivity index (χ2v) is 9.43. The molecular weight excluding hydrogens is 591 g/mol. The molecule has 1 heterocycles. The number of nitrogens with zero attached hydrogens (tertiary/aromatic N) is 2. The molecule has 1 aliphatic heterocycles. The van der Waals surface area contributed by atoms with E-state index >= 15 is 0 Å². The number of benzene rings is 2. The van der Waals surface area contributed by atoms with Crippen LogP contribution in [0.4, 0.5) is 0 Å². The van der Waals surface area contributed by atoms with Gasteiger partial charge in [0.15, 0.2) is 5.11 Å². The lowest BCUT2D eigenvalue weighted by Gasteiger charge is -2.31. The van der Waals surface area contributed by atoms with Crippen molar-refractivity contribution in [3.05, 3.63) is 79.4 Å². The minimum atomic E-state index is -0.423. The Morgan fingerprint density at radius 2 is 1.74 bits per heavy atom. The van der Waals surface area contributed by atoms with Crippen LogP contribution in [-0.2, 0) is 22.6 Å². The number of carbonyl (C=O) groups is 2. The number of allylic oxidation sites excluding steroid dienone is 1. The standard InChI is InChI=1S/C23H20BrIN2O3S/c1-4-5-16-10-15(11-18-21(28)26(2)23(31)27(3)22(18)29)12-19(24)20(16)30-13-14-6-8-17(25)9-7-14/h4,6-12H,1,5,13H2,2-3H3. The molecule has 0 aliphatic carbocycles. The zero-order chi connectivity index (χ0) is 22.7. The van der Waals surface area contributed by atoms with E-state index in [1.807, 2.05) is 36.4 Å². The molecule has 0 saturated carbocycles. The third kappa shape index (κ3) is 5.24. The maximum Gasteiger partial charge on any atom is 0.265 e. The van der Waals surface area contributed by atoms with E-state index in [1.54, 1.807) is 26.2 Å². The highest BCUT2D eigenvalue weighted by molar-refractivity contribution is 14.1. The van der Waals surface area contributed by atoms with Gasteiger partial charge >= 0.3 is 0 Å². The summed E-state index contributed by atoms with van der Waals surface area (Å²) < 4.78 is 7.99. The van der Waals surface area contributed by atoms with E-state index in [9.17, 15) is 9.59 Å². The molecular formula is C23H20BrIN2O3S. The first kappa shape index (κ1) is 23.6. The van der Waals surface area contributed by atoms with Crippen molar-refractivity contribution >= 4 is 73.7 Å². The fraction of sp³-hybridized carbons (Fsp3) is 0.174. The highest BCUT2D eigenvalue weighted by Crippen LogP contribution is 2.33. The molecule has 0 N–H and O–H groups in total. The van der Waals surface area contributed by atoms with E-state index < -0.39 is 11.8 Å². The molecule has 31 heavy (non-hydrogen) atoms. The third-order valence-corrected chi connectivity index (χ3v) is 6.61. The van der Waals surface area contributed by atoms with Gasteiger partial charge < -0.3 is 4.74 Å². The number of likely N-dealkylation sites (N-methyl/N-ethyl adjacent to an activating group) is 2. The summed E-state index contributed by atoms with van der Waals surface area (Å²) in [4.78, 5) is 27.8. The van der Waals surface area contributed by atoms with E-state index in [0.29, 0.717) is 24.3 Å². The summed E-state index contributed by atoms with van der Waals surface area (Å²) in [5.41, 5.74) is 2.72. The molecule has 0 unspecified atom stereocenters. The molecule has 1 aliphatic rings. The van der Waals surface area contributed by atoms with Crippen molar-refractivity contribution in [1.29, 1.82) is 0 Å². The van der Waals surface area contributed by atoms with Crippen LogP contribution in [0.5, 0.6) is 5.75 Å². The molecule has 0 bridgehead atoms. The minimum Gasteiger partial charge on any atom is -0.487 e. The number of carbonyl (C=O) groups excluding carboxylic acids is 2. The number of hydrogen-bond acceptors (Lipinski definition) is 4. The molecule has 0 radical (unpaired) electrons. The van der Waals surface area contributed by atoms with Crippen LogP contribution in [-0.4, -0.2) is 40.8 Å². The Bertz CT molecular complexity index is 1070. The van der Waals surface area contributed by atoms with Crippen LogP contribution < -0.4 is 4.74 Å². The van der Waals surface area contributed by atoms with Gasteiger partial charge in [-0.1, -0.05) is 18.2 Å². The van der Waals surface area contributed by atoms with Crippen molar-refractivity contribution in [2.24, 2.45) is 0 Å². The lowest BCUT2D eigenvalue weighted by Crippen LogP contribution is -2.52. The molecule has 3 rings (SSSR count). The van der Waals surface area contributed by atoms with Crippen LogP contribution in [0.1, 0.15) is 16.7 Å². The van der Waals surface area contributed by atoms with Crippen molar-refractivity contribution in [2.45, 2.75) is 13.0 Å². The highest BCUT2D eigenvalue weighted by Gasteiger charge is 2.35. The molecule has 160 valence electrons. The van der Waals surface area contributed by atoms with Crippen LogP contribution in [0.2, 0.25) is 0 Å². The molecule has 1 fully saturated rings. The third-order valence-electron chi connectivity index (χ3n) is 4.76. The average Bonchev–Trinajstić information content (AvgIpc) is 2.75. The van der Waals surface area contributed by atoms with Gasteiger partial charge in [-0.3, -0.25) is 19.4 Å². The monoisotopic (exact) mass is 610 g/mol. The summed E-state index contributed by atoms with van der Waals surface area (Å²) in [6, 6.07) is 11.9. The second-order valence-electron chi connectivity index (χ2n) is 6.97. The Labute approximate surface area is 209 Å². The van der Waals surface area contributed by atoms with E-state index in [2.05, 4.69) is 45.1 Å². The number of rotatable bonds is 6. The number of hydrogen-bond donors (Lipinski definition) is 0. The normalized spacial score (nSPS) is 14.2. The van der Waals surface area contributed by atoms with Crippen molar-refractivity contribution in [3.8, 4) is 5.75 Å². The Kier molecular flexibility index (Phi) is 7.66. The van der Waals surface area contributed by atoms with Gasteiger partial charge in [0.2, 0.25) is 0 Å². The first-order valence-corrected chi connectivity index (χ1v) is 11.6. The first-order chi connectivity index (χ1) is 14.7. The number of thiocarbonyl (C=S) groups is 1. The van der Waals surface area contributed by atoms with E-state index in [-0.39, 0.29) is 10.7 Å². The summed E-state index contributed by atoms with van der Waals surface area (Å²) in [7, 11) is 3.12. The van der Waals surface area contributed by atoms with Crippen LogP contribution in [0, 0.1) is 3.57 Å². The van der Waals surface area contributed by atoms with Gasteiger partial charge in [0.05, 0.1) is 4.47 Å². The zero-order valence-corrected chi connectivity index (χ0v) is 21.6. The van der Waals surface area contributed by atoms with E-state index in [0.717, 1.165) is 19.2 Å². The highest BCUT2D eigenvalue weighted by atomic mass is 127. The van der Waals surface area contributed by atoms with Gasteiger partial charge in [-0.2, -0.15) is 0 Å². The lowest BCUT2D eigenvalue weighted by atomic mass is 10.0.